The van der Waals surface area contributed by atoms with Gasteiger partial charge in [0.1, 0.15) is 6.04 Å². The van der Waals surface area contributed by atoms with Crippen LogP contribution in [0.15, 0.2) is 0 Å². The predicted octanol–water partition coefficient (Wildman–Crippen LogP) is 3.13. The van der Waals surface area contributed by atoms with E-state index in [4.69, 9.17) is 21.7 Å². The zero-order chi connectivity index (χ0) is 17.9. The molecule has 0 aromatic rings. The van der Waals surface area contributed by atoms with Gasteiger partial charge in [-0.05, 0) is 19.4 Å². The first-order chi connectivity index (χ1) is 11.0. The van der Waals surface area contributed by atoms with E-state index in [1.807, 2.05) is 0 Å². The van der Waals surface area contributed by atoms with Crippen LogP contribution in [0.5, 0.6) is 0 Å². The maximum atomic E-state index is 9.99. The zero-order valence-electron chi connectivity index (χ0n) is 14.6. The van der Waals surface area contributed by atoms with Crippen LogP contribution >= 0.6 is 0 Å². The molecule has 23 heavy (non-hydrogen) atoms. The fourth-order valence-electron chi connectivity index (χ4n) is 2.03. The lowest BCUT2D eigenvalue weighted by Crippen LogP contribution is -2.30. The molecule has 0 aromatic heterocycles. The lowest BCUT2D eigenvalue weighted by atomic mass is 10.1. The van der Waals surface area contributed by atoms with Gasteiger partial charge in [-0.2, -0.15) is 0 Å². The Morgan fingerprint density at radius 2 is 1.30 bits per heavy atom. The van der Waals surface area contributed by atoms with Crippen LogP contribution in [-0.2, 0) is 9.59 Å². The minimum absolute atomic E-state index is 0.0231. The monoisotopic (exact) mass is 332 g/mol. The average molecular weight is 332 g/mol. The third-order valence-corrected chi connectivity index (χ3v) is 3.54. The Kier molecular flexibility index (Phi) is 19.8. The lowest BCUT2D eigenvalue weighted by Gasteiger charge is -2.01. The number of nitrogens with two attached hydrogens (primary N) is 2. The summed E-state index contributed by atoms with van der Waals surface area (Å²) in [5.41, 5.74) is 10.4. The molecule has 0 unspecified atom stereocenters. The number of carboxylic acids is 2. The van der Waals surface area contributed by atoms with Gasteiger partial charge in [-0.3, -0.25) is 9.59 Å². The van der Waals surface area contributed by atoms with Crippen LogP contribution in [0.25, 0.3) is 0 Å². The SMILES string of the molecule is CCCCCCCCCCCCN.N[C@@H](CCC(=O)O)C(=O)O. The Hall–Kier alpha value is -1.14. The molecule has 6 heteroatoms. The van der Waals surface area contributed by atoms with Crippen LogP contribution in [0.1, 0.15) is 84.0 Å². The fraction of sp³-hybridized carbons (Fsp3) is 0.882. The molecule has 6 N–H and O–H groups in total. The second-order valence-corrected chi connectivity index (χ2v) is 5.85. The highest BCUT2D eigenvalue weighted by Crippen LogP contribution is 2.09. The molecule has 0 bridgehead atoms. The molecule has 0 amide bonds. The van der Waals surface area contributed by atoms with Gasteiger partial charge in [-0.15, -0.1) is 0 Å². The molecule has 0 spiro atoms. The highest BCUT2D eigenvalue weighted by molar-refractivity contribution is 5.74. The van der Waals surface area contributed by atoms with E-state index in [0.717, 1.165) is 6.54 Å². The molecule has 0 heterocycles. The Morgan fingerprint density at radius 1 is 0.870 bits per heavy atom. The summed E-state index contributed by atoms with van der Waals surface area (Å²) in [6.07, 6.45) is 13.7. The van der Waals surface area contributed by atoms with Gasteiger partial charge < -0.3 is 21.7 Å². The molecule has 0 radical (unpaired) electrons. The second kappa shape index (κ2) is 18.9. The molecule has 0 aliphatic carbocycles. The van der Waals surface area contributed by atoms with Crippen molar-refractivity contribution in [2.24, 2.45) is 11.5 Å². The zero-order valence-corrected chi connectivity index (χ0v) is 14.6. The molecular weight excluding hydrogens is 296 g/mol. The standard InChI is InChI=1S/C12H27N.C5H9NO4/c1-2-3-4-5-6-7-8-9-10-11-12-13;6-3(5(9)10)1-2-4(7)8/h2-13H2,1H3;3H,1-2,6H2,(H,7,8)(H,9,10)/t;3-/m.0/s1. The van der Waals surface area contributed by atoms with E-state index < -0.39 is 18.0 Å². The quantitative estimate of drug-likeness (QED) is 0.362. The van der Waals surface area contributed by atoms with Crippen molar-refractivity contribution in [1.82, 2.24) is 0 Å². The number of aliphatic carboxylic acids is 2. The van der Waals surface area contributed by atoms with E-state index in [1.54, 1.807) is 0 Å². The van der Waals surface area contributed by atoms with Crippen molar-refractivity contribution in [3.8, 4) is 0 Å². The fourth-order valence-corrected chi connectivity index (χ4v) is 2.03. The third-order valence-electron chi connectivity index (χ3n) is 3.54. The second-order valence-electron chi connectivity index (χ2n) is 5.85. The summed E-state index contributed by atoms with van der Waals surface area (Å²) in [6.45, 7) is 3.14. The number of hydrogen-bond donors (Lipinski definition) is 4. The molecule has 0 fully saturated rings. The van der Waals surface area contributed by atoms with Gasteiger partial charge in [0.15, 0.2) is 0 Å². The van der Waals surface area contributed by atoms with E-state index in [0.29, 0.717) is 0 Å². The number of hydrogen-bond acceptors (Lipinski definition) is 4. The van der Waals surface area contributed by atoms with Gasteiger partial charge in [0, 0.05) is 6.42 Å². The number of carbonyl (C=O) groups is 2. The van der Waals surface area contributed by atoms with Crippen LogP contribution in [0, 0.1) is 0 Å². The smallest absolute Gasteiger partial charge is 0.320 e. The molecule has 6 nitrogen and oxygen atoms in total. The van der Waals surface area contributed by atoms with Crippen molar-refractivity contribution >= 4 is 11.9 Å². The van der Waals surface area contributed by atoms with E-state index >= 15 is 0 Å². The first-order valence-electron chi connectivity index (χ1n) is 8.85. The highest BCUT2D eigenvalue weighted by Gasteiger charge is 2.12. The van der Waals surface area contributed by atoms with Crippen molar-refractivity contribution < 1.29 is 19.8 Å². The molecule has 0 rings (SSSR count). The predicted molar refractivity (Wildman–Crippen MR) is 93.4 cm³/mol. The summed E-state index contributed by atoms with van der Waals surface area (Å²) in [4.78, 5) is 19.9. The summed E-state index contributed by atoms with van der Waals surface area (Å²) in [6, 6.07) is -1.06. The number of rotatable bonds is 14. The van der Waals surface area contributed by atoms with Gasteiger partial charge in [-0.1, -0.05) is 64.7 Å². The van der Waals surface area contributed by atoms with Crippen molar-refractivity contribution in [3.05, 3.63) is 0 Å². The molecular formula is C17H36N2O4. The molecule has 138 valence electrons. The third kappa shape index (κ3) is 23.3. The van der Waals surface area contributed by atoms with Gasteiger partial charge in [0.25, 0.3) is 0 Å². The molecule has 0 aromatic carbocycles. The Labute approximate surface area is 140 Å². The maximum Gasteiger partial charge on any atom is 0.320 e. The van der Waals surface area contributed by atoms with E-state index in [2.05, 4.69) is 6.92 Å². The molecule has 0 saturated heterocycles. The minimum Gasteiger partial charge on any atom is -0.481 e. The van der Waals surface area contributed by atoms with Crippen LogP contribution in [0.4, 0.5) is 0 Å². The highest BCUT2D eigenvalue weighted by atomic mass is 16.4. The largest absolute Gasteiger partial charge is 0.481 e. The summed E-state index contributed by atoms with van der Waals surface area (Å²) in [7, 11) is 0. The Balaban J connectivity index is 0. The maximum absolute atomic E-state index is 9.99. The molecule has 0 saturated carbocycles. The summed E-state index contributed by atoms with van der Waals surface area (Å²) in [5.74, 6) is -2.20. The average Bonchev–Trinajstić information content (AvgIpc) is 2.51. The van der Waals surface area contributed by atoms with Crippen molar-refractivity contribution in [2.75, 3.05) is 6.54 Å². The van der Waals surface area contributed by atoms with Crippen LogP contribution < -0.4 is 11.5 Å². The summed E-state index contributed by atoms with van der Waals surface area (Å²) in [5, 5.41) is 16.3. The van der Waals surface area contributed by atoms with Gasteiger partial charge in [0.2, 0.25) is 0 Å². The van der Waals surface area contributed by atoms with E-state index in [9.17, 15) is 9.59 Å². The summed E-state index contributed by atoms with van der Waals surface area (Å²) >= 11 is 0. The number of carboxylic acid groups (broad SMARTS) is 2. The first kappa shape index (κ1) is 24.1. The molecule has 0 aliphatic heterocycles. The summed E-state index contributed by atoms with van der Waals surface area (Å²) < 4.78 is 0. The van der Waals surface area contributed by atoms with Crippen molar-refractivity contribution in [3.63, 3.8) is 0 Å². The number of unbranched alkanes of at least 4 members (excludes halogenated alkanes) is 9. The van der Waals surface area contributed by atoms with Gasteiger partial charge >= 0.3 is 11.9 Å². The van der Waals surface area contributed by atoms with Gasteiger partial charge in [0.05, 0.1) is 0 Å². The van der Waals surface area contributed by atoms with E-state index in [1.165, 1.54) is 64.2 Å². The Morgan fingerprint density at radius 3 is 1.65 bits per heavy atom. The van der Waals surface area contributed by atoms with Crippen LogP contribution in [0.2, 0.25) is 0 Å². The van der Waals surface area contributed by atoms with E-state index in [-0.39, 0.29) is 12.8 Å². The first-order valence-corrected chi connectivity index (χ1v) is 8.85. The van der Waals surface area contributed by atoms with Crippen molar-refractivity contribution in [1.29, 1.82) is 0 Å². The van der Waals surface area contributed by atoms with Gasteiger partial charge in [-0.25, -0.2) is 0 Å². The Bertz CT molecular complexity index is 276. The van der Waals surface area contributed by atoms with Crippen LogP contribution in [-0.4, -0.2) is 34.7 Å². The van der Waals surface area contributed by atoms with Crippen molar-refractivity contribution in [2.45, 2.75) is 90.0 Å². The normalized spacial score (nSPS) is 11.4. The van der Waals surface area contributed by atoms with Crippen LogP contribution in [0.3, 0.4) is 0 Å². The lowest BCUT2D eigenvalue weighted by molar-refractivity contribution is -0.139. The minimum atomic E-state index is -1.17. The molecule has 1 atom stereocenters. The topological polar surface area (TPSA) is 127 Å². The molecule has 0 aliphatic rings.